The van der Waals surface area contributed by atoms with E-state index in [1.165, 1.54) is 0 Å². The molecule has 0 spiro atoms. The molecule has 1 aliphatic carbocycles. The monoisotopic (exact) mass is 357 g/mol. The number of anilines is 1. The Morgan fingerprint density at radius 3 is 2.44 bits per heavy atom. The SMILES string of the molecule is O=C(Nc1cc(C(F)(F)F)cc(CN2CCCC2)c1[N+](=O)[O-])C1CC1. The van der Waals surface area contributed by atoms with Crippen LogP contribution in [0.15, 0.2) is 12.1 Å². The minimum Gasteiger partial charge on any atom is -0.320 e. The molecular weight excluding hydrogens is 339 g/mol. The van der Waals surface area contributed by atoms with Crippen LogP contribution in [-0.2, 0) is 17.5 Å². The van der Waals surface area contributed by atoms with Crippen LogP contribution < -0.4 is 5.32 Å². The van der Waals surface area contributed by atoms with Crippen LogP contribution in [0.2, 0.25) is 0 Å². The molecule has 2 fully saturated rings. The number of amides is 1. The highest BCUT2D eigenvalue weighted by Gasteiger charge is 2.37. The van der Waals surface area contributed by atoms with Crippen LogP contribution in [0.1, 0.15) is 36.8 Å². The second-order valence-electron chi connectivity index (χ2n) is 6.53. The van der Waals surface area contributed by atoms with Crippen LogP contribution in [0.4, 0.5) is 24.5 Å². The molecule has 3 rings (SSSR count). The van der Waals surface area contributed by atoms with E-state index in [9.17, 15) is 28.1 Å². The van der Waals surface area contributed by atoms with Crippen molar-refractivity contribution in [2.45, 2.75) is 38.4 Å². The zero-order chi connectivity index (χ0) is 18.2. The molecule has 0 atom stereocenters. The quantitative estimate of drug-likeness (QED) is 0.646. The maximum absolute atomic E-state index is 13.2. The number of likely N-dealkylation sites (tertiary alicyclic amines) is 1. The normalized spacial score (nSPS) is 18.4. The van der Waals surface area contributed by atoms with Crippen LogP contribution in [0.25, 0.3) is 0 Å². The van der Waals surface area contributed by atoms with Gasteiger partial charge >= 0.3 is 6.18 Å². The summed E-state index contributed by atoms with van der Waals surface area (Å²) >= 11 is 0. The van der Waals surface area contributed by atoms with Gasteiger partial charge in [0, 0.05) is 18.0 Å². The van der Waals surface area contributed by atoms with Gasteiger partial charge < -0.3 is 5.32 Å². The Morgan fingerprint density at radius 2 is 1.92 bits per heavy atom. The summed E-state index contributed by atoms with van der Waals surface area (Å²) in [4.78, 5) is 24.6. The van der Waals surface area contributed by atoms with Gasteiger partial charge in [-0.2, -0.15) is 13.2 Å². The number of carbonyl (C=O) groups is 1. The first kappa shape index (κ1) is 17.7. The third-order valence-electron chi connectivity index (χ3n) is 4.50. The smallest absolute Gasteiger partial charge is 0.320 e. The van der Waals surface area contributed by atoms with Crippen LogP contribution in [-0.4, -0.2) is 28.8 Å². The average Bonchev–Trinajstić information content (AvgIpc) is 3.24. The van der Waals surface area contributed by atoms with Crippen molar-refractivity contribution in [3.05, 3.63) is 33.4 Å². The van der Waals surface area contributed by atoms with Crippen molar-refractivity contribution >= 4 is 17.3 Å². The highest BCUT2D eigenvalue weighted by molar-refractivity contribution is 5.96. The van der Waals surface area contributed by atoms with E-state index in [0.717, 1.165) is 18.9 Å². The Bertz CT molecular complexity index is 696. The van der Waals surface area contributed by atoms with Crippen molar-refractivity contribution in [3.63, 3.8) is 0 Å². The van der Waals surface area contributed by atoms with E-state index in [2.05, 4.69) is 5.32 Å². The largest absolute Gasteiger partial charge is 0.416 e. The number of nitro groups is 1. The first-order chi connectivity index (χ1) is 11.8. The van der Waals surface area contributed by atoms with Gasteiger partial charge in [-0.15, -0.1) is 0 Å². The van der Waals surface area contributed by atoms with Gasteiger partial charge in [0.15, 0.2) is 0 Å². The molecule has 1 N–H and O–H groups in total. The number of halogens is 3. The van der Waals surface area contributed by atoms with Gasteiger partial charge in [-0.25, -0.2) is 0 Å². The Balaban J connectivity index is 2.02. The second-order valence-corrected chi connectivity index (χ2v) is 6.53. The number of nitrogens with zero attached hydrogens (tertiary/aromatic N) is 2. The predicted octanol–water partition coefficient (Wildman–Crippen LogP) is 3.56. The maximum Gasteiger partial charge on any atom is 0.416 e. The zero-order valence-electron chi connectivity index (χ0n) is 13.4. The van der Waals surface area contributed by atoms with Gasteiger partial charge in [-0.05, 0) is 50.9 Å². The van der Waals surface area contributed by atoms with E-state index >= 15 is 0 Å². The Hall–Kier alpha value is -2.16. The van der Waals surface area contributed by atoms with Gasteiger partial charge in [0.05, 0.1) is 10.5 Å². The van der Waals surface area contributed by atoms with E-state index in [1.54, 1.807) is 0 Å². The van der Waals surface area contributed by atoms with Crippen molar-refractivity contribution in [3.8, 4) is 0 Å². The Kier molecular flexibility index (Phi) is 4.68. The number of hydrogen-bond donors (Lipinski definition) is 1. The van der Waals surface area contributed by atoms with Crippen LogP contribution in [0.5, 0.6) is 0 Å². The summed E-state index contributed by atoms with van der Waals surface area (Å²) in [5, 5.41) is 13.8. The van der Waals surface area contributed by atoms with Gasteiger partial charge in [-0.3, -0.25) is 19.8 Å². The lowest BCUT2D eigenvalue weighted by molar-refractivity contribution is -0.384. The maximum atomic E-state index is 13.2. The lowest BCUT2D eigenvalue weighted by Gasteiger charge is -2.18. The van der Waals surface area contributed by atoms with E-state index in [-0.39, 0.29) is 23.7 Å². The Morgan fingerprint density at radius 1 is 1.28 bits per heavy atom. The molecule has 1 amide bonds. The van der Waals surface area contributed by atoms with Gasteiger partial charge in [0.2, 0.25) is 5.91 Å². The Labute approximate surface area is 142 Å². The molecule has 9 heteroatoms. The standard InChI is InChI=1S/C16H18F3N3O3/c17-16(18,19)12-7-11(9-21-5-1-2-6-21)14(22(24)25)13(8-12)20-15(23)10-3-4-10/h7-8,10H,1-6,9H2,(H,20,23). The fourth-order valence-corrected chi connectivity index (χ4v) is 3.05. The van der Waals surface area contributed by atoms with E-state index in [4.69, 9.17) is 0 Å². The molecule has 0 bridgehead atoms. The molecule has 1 aromatic carbocycles. The molecule has 1 heterocycles. The van der Waals surface area contributed by atoms with E-state index in [1.807, 2.05) is 4.90 Å². The molecule has 1 aromatic rings. The van der Waals surface area contributed by atoms with Crippen LogP contribution in [0, 0.1) is 16.0 Å². The second kappa shape index (κ2) is 6.62. The van der Waals surface area contributed by atoms with E-state index < -0.39 is 28.3 Å². The van der Waals surface area contributed by atoms with Crippen LogP contribution in [0.3, 0.4) is 0 Å². The van der Waals surface area contributed by atoms with Crippen LogP contribution >= 0.6 is 0 Å². The molecule has 1 aliphatic heterocycles. The minimum atomic E-state index is -4.64. The molecule has 136 valence electrons. The minimum absolute atomic E-state index is 0.0205. The number of hydrogen-bond acceptors (Lipinski definition) is 4. The van der Waals surface area contributed by atoms with E-state index in [0.29, 0.717) is 32.0 Å². The third kappa shape index (κ3) is 4.09. The molecule has 2 aliphatic rings. The summed E-state index contributed by atoms with van der Waals surface area (Å²) < 4.78 is 39.6. The molecule has 0 unspecified atom stereocenters. The topological polar surface area (TPSA) is 75.5 Å². The van der Waals surface area contributed by atoms with Crippen molar-refractivity contribution in [1.29, 1.82) is 0 Å². The van der Waals surface area contributed by atoms with Crippen molar-refractivity contribution in [2.75, 3.05) is 18.4 Å². The summed E-state index contributed by atoms with van der Waals surface area (Å²) in [6.07, 6.45) is -1.51. The number of carbonyl (C=O) groups excluding carboxylic acids is 1. The van der Waals surface area contributed by atoms with Crippen molar-refractivity contribution in [2.24, 2.45) is 5.92 Å². The zero-order valence-corrected chi connectivity index (χ0v) is 13.4. The average molecular weight is 357 g/mol. The first-order valence-electron chi connectivity index (χ1n) is 8.17. The lowest BCUT2D eigenvalue weighted by atomic mass is 10.0. The predicted molar refractivity (Wildman–Crippen MR) is 84.0 cm³/mol. The fourth-order valence-electron chi connectivity index (χ4n) is 3.05. The number of nitro benzene ring substituents is 1. The molecule has 0 aromatic heterocycles. The number of benzene rings is 1. The third-order valence-corrected chi connectivity index (χ3v) is 4.50. The van der Waals surface area contributed by atoms with Gasteiger partial charge in [0.1, 0.15) is 5.69 Å². The fraction of sp³-hybridized carbons (Fsp3) is 0.562. The first-order valence-corrected chi connectivity index (χ1v) is 8.17. The van der Waals surface area contributed by atoms with Gasteiger partial charge in [0.25, 0.3) is 5.69 Å². The summed E-state index contributed by atoms with van der Waals surface area (Å²) in [5.74, 6) is -0.731. The van der Waals surface area contributed by atoms with Gasteiger partial charge in [-0.1, -0.05) is 0 Å². The summed E-state index contributed by atoms with van der Waals surface area (Å²) in [6.45, 7) is 1.45. The van der Waals surface area contributed by atoms with Crippen molar-refractivity contribution < 1.29 is 22.9 Å². The number of alkyl halides is 3. The highest BCUT2D eigenvalue weighted by atomic mass is 19.4. The molecule has 6 nitrogen and oxygen atoms in total. The number of nitrogens with one attached hydrogen (secondary N) is 1. The summed E-state index contributed by atoms with van der Waals surface area (Å²) in [7, 11) is 0. The van der Waals surface area contributed by atoms with Crippen molar-refractivity contribution in [1.82, 2.24) is 4.90 Å². The molecule has 1 saturated heterocycles. The molecular formula is C16H18F3N3O3. The summed E-state index contributed by atoms with van der Waals surface area (Å²) in [5.41, 5.74) is -1.83. The molecule has 0 radical (unpaired) electrons. The lowest BCUT2D eigenvalue weighted by Crippen LogP contribution is -2.21. The molecule has 1 saturated carbocycles. The molecule has 25 heavy (non-hydrogen) atoms. The number of rotatable bonds is 5. The highest BCUT2D eigenvalue weighted by Crippen LogP contribution is 2.39. The summed E-state index contributed by atoms with van der Waals surface area (Å²) in [6, 6.07) is 1.48.